The molecule has 2 aromatic heterocycles. The molecule has 0 radical (unpaired) electrons. The van der Waals surface area contributed by atoms with Gasteiger partial charge in [-0.3, -0.25) is 4.98 Å². The van der Waals surface area contributed by atoms with Crippen LogP contribution in [0.15, 0.2) is 24.7 Å². The van der Waals surface area contributed by atoms with Crippen LogP contribution in [0.25, 0.3) is 10.9 Å². The summed E-state index contributed by atoms with van der Waals surface area (Å²) in [4.78, 5) is 4.01. The smallest absolute Gasteiger partial charge is 0.111 e. The molecule has 66 valence electrons. The molecule has 2 rings (SSSR count). The van der Waals surface area contributed by atoms with Crippen LogP contribution >= 0.6 is 0 Å². The summed E-state index contributed by atoms with van der Waals surface area (Å²) in [6.45, 7) is 4.30. The first kappa shape index (κ1) is 8.10. The topological polar surface area (TPSA) is 38.7 Å². The first-order chi connectivity index (χ1) is 6.29. The van der Waals surface area contributed by atoms with Gasteiger partial charge in [-0.25, -0.2) is 0 Å². The van der Waals surface area contributed by atoms with Crippen LogP contribution in [-0.2, 0) is 0 Å². The lowest BCUT2D eigenvalue weighted by Crippen LogP contribution is -1.94. The zero-order valence-corrected chi connectivity index (χ0v) is 7.73. The summed E-state index contributed by atoms with van der Waals surface area (Å²) in [5, 5.41) is 9.11. The number of pyridine rings is 1. The van der Waals surface area contributed by atoms with Crippen molar-refractivity contribution in [2.24, 2.45) is 0 Å². The number of hydrogen-bond donors (Lipinski definition) is 0. The fourth-order valence-electron chi connectivity index (χ4n) is 1.39. The lowest BCUT2D eigenvalue weighted by molar-refractivity contribution is 0.857. The van der Waals surface area contributed by atoms with Crippen LogP contribution in [0.2, 0.25) is 0 Å². The SMILES string of the molecule is CC(C)c1cnnc2cnccc12. The molecule has 0 fully saturated rings. The van der Waals surface area contributed by atoms with Gasteiger partial charge in [-0.1, -0.05) is 13.8 Å². The van der Waals surface area contributed by atoms with Crippen LogP contribution in [0.4, 0.5) is 0 Å². The Balaban J connectivity index is 2.76. The standard InChI is InChI=1S/C10H11N3/c1-7(2)9-5-12-13-10-6-11-4-3-8(9)10/h3-7H,1-2H3. The van der Waals surface area contributed by atoms with Crippen LogP contribution in [0, 0.1) is 0 Å². The molecule has 0 aromatic carbocycles. The van der Waals surface area contributed by atoms with Crippen LogP contribution in [0.1, 0.15) is 25.3 Å². The average Bonchev–Trinajstić information content (AvgIpc) is 2.17. The van der Waals surface area contributed by atoms with E-state index in [1.54, 1.807) is 12.4 Å². The quantitative estimate of drug-likeness (QED) is 0.663. The summed E-state index contributed by atoms with van der Waals surface area (Å²) in [5.74, 6) is 0.473. The van der Waals surface area contributed by atoms with E-state index in [4.69, 9.17) is 0 Å². The molecule has 0 amide bonds. The van der Waals surface area contributed by atoms with Crippen LogP contribution in [0.5, 0.6) is 0 Å². The van der Waals surface area contributed by atoms with Gasteiger partial charge in [-0.05, 0) is 17.5 Å². The maximum atomic E-state index is 4.01. The molecule has 3 nitrogen and oxygen atoms in total. The highest BCUT2D eigenvalue weighted by atomic mass is 15.1. The van der Waals surface area contributed by atoms with E-state index in [-0.39, 0.29) is 0 Å². The Hall–Kier alpha value is -1.51. The number of rotatable bonds is 1. The van der Waals surface area contributed by atoms with E-state index >= 15 is 0 Å². The predicted molar refractivity (Wildman–Crippen MR) is 51.4 cm³/mol. The number of nitrogens with zero attached hydrogens (tertiary/aromatic N) is 3. The number of fused-ring (bicyclic) bond motifs is 1. The van der Waals surface area contributed by atoms with Gasteiger partial charge in [0.25, 0.3) is 0 Å². The summed E-state index contributed by atoms with van der Waals surface area (Å²) in [5.41, 5.74) is 2.10. The van der Waals surface area contributed by atoms with Crippen LogP contribution in [0.3, 0.4) is 0 Å². The predicted octanol–water partition coefficient (Wildman–Crippen LogP) is 2.15. The summed E-state index contributed by atoms with van der Waals surface area (Å²) >= 11 is 0. The number of aromatic nitrogens is 3. The van der Waals surface area contributed by atoms with Gasteiger partial charge in [-0.2, -0.15) is 5.10 Å². The van der Waals surface area contributed by atoms with Crippen molar-refractivity contribution in [3.8, 4) is 0 Å². The van der Waals surface area contributed by atoms with E-state index in [0.717, 1.165) is 10.9 Å². The molecule has 0 aliphatic rings. The van der Waals surface area contributed by atoms with E-state index in [1.165, 1.54) is 5.56 Å². The molecule has 0 spiro atoms. The van der Waals surface area contributed by atoms with Gasteiger partial charge in [0, 0.05) is 11.6 Å². The molecular formula is C10H11N3. The van der Waals surface area contributed by atoms with E-state index in [1.807, 2.05) is 12.3 Å². The Morgan fingerprint density at radius 3 is 2.85 bits per heavy atom. The summed E-state index contributed by atoms with van der Waals surface area (Å²) in [6, 6.07) is 1.99. The molecule has 2 heterocycles. The van der Waals surface area contributed by atoms with Crippen molar-refractivity contribution >= 4 is 10.9 Å². The van der Waals surface area contributed by atoms with Crippen molar-refractivity contribution in [3.05, 3.63) is 30.2 Å². The second-order valence-electron chi connectivity index (χ2n) is 3.35. The fraction of sp³-hybridized carbons (Fsp3) is 0.300. The molecule has 13 heavy (non-hydrogen) atoms. The maximum absolute atomic E-state index is 4.01. The summed E-state index contributed by atoms with van der Waals surface area (Å²) in [7, 11) is 0. The van der Waals surface area contributed by atoms with Crippen molar-refractivity contribution in [2.45, 2.75) is 19.8 Å². The molecule has 0 saturated heterocycles. The third-order valence-corrected chi connectivity index (χ3v) is 2.10. The van der Waals surface area contributed by atoms with E-state index in [2.05, 4.69) is 29.0 Å². The lowest BCUT2D eigenvalue weighted by Gasteiger charge is -2.06. The van der Waals surface area contributed by atoms with E-state index < -0.39 is 0 Å². The monoisotopic (exact) mass is 173 g/mol. The van der Waals surface area contributed by atoms with Gasteiger partial charge in [0.05, 0.1) is 12.4 Å². The van der Waals surface area contributed by atoms with Gasteiger partial charge >= 0.3 is 0 Å². The molecule has 0 aliphatic heterocycles. The van der Waals surface area contributed by atoms with Gasteiger partial charge in [-0.15, -0.1) is 5.10 Å². The molecule has 0 N–H and O–H groups in total. The molecule has 0 bridgehead atoms. The highest BCUT2D eigenvalue weighted by Gasteiger charge is 2.05. The van der Waals surface area contributed by atoms with Crippen molar-refractivity contribution in [1.29, 1.82) is 0 Å². The lowest BCUT2D eigenvalue weighted by atomic mass is 10.0. The highest BCUT2D eigenvalue weighted by Crippen LogP contribution is 2.21. The zero-order chi connectivity index (χ0) is 9.26. The van der Waals surface area contributed by atoms with Gasteiger partial charge < -0.3 is 0 Å². The Bertz CT molecular complexity index is 418. The largest absolute Gasteiger partial charge is 0.262 e. The molecule has 0 unspecified atom stereocenters. The Morgan fingerprint density at radius 2 is 2.08 bits per heavy atom. The minimum absolute atomic E-state index is 0.473. The Morgan fingerprint density at radius 1 is 1.23 bits per heavy atom. The highest BCUT2D eigenvalue weighted by molar-refractivity contribution is 5.80. The van der Waals surface area contributed by atoms with Crippen molar-refractivity contribution < 1.29 is 0 Å². The third kappa shape index (κ3) is 1.37. The normalized spacial score (nSPS) is 11.0. The second kappa shape index (κ2) is 3.09. The van der Waals surface area contributed by atoms with Gasteiger partial charge in [0.1, 0.15) is 5.52 Å². The summed E-state index contributed by atoms with van der Waals surface area (Å²) in [6.07, 6.45) is 5.36. The minimum Gasteiger partial charge on any atom is -0.262 e. The van der Waals surface area contributed by atoms with Crippen molar-refractivity contribution in [3.63, 3.8) is 0 Å². The van der Waals surface area contributed by atoms with Gasteiger partial charge in [0.2, 0.25) is 0 Å². The number of hydrogen-bond acceptors (Lipinski definition) is 3. The fourth-order valence-corrected chi connectivity index (χ4v) is 1.39. The molecular weight excluding hydrogens is 162 g/mol. The maximum Gasteiger partial charge on any atom is 0.111 e. The third-order valence-electron chi connectivity index (χ3n) is 2.10. The second-order valence-corrected chi connectivity index (χ2v) is 3.35. The molecule has 0 atom stereocenters. The molecule has 3 heteroatoms. The Labute approximate surface area is 76.8 Å². The minimum atomic E-state index is 0.473. The molecule has 2 aromatic rings. The zero-order valence-electron chi connectivity index (χ0n) is 7.73. The first-order valence-corrected chi connectivity index (χ1v) is 4.34. The van der Waals surface area contributed by atoms with Crippen molar-refractivity contribution in [1.82, 2.24) is 15.2 Å². The molecule has 0 saturated carbocycles. The van der Waals surface area contributed by atoms with Crippen molar-refractivity contribution in [2.75, 3.05) is 0 Å². The van der Waals surface area contributed by atoms with Gasteiger partial charge in [0.15, 0.2) is 0 Å². The average molecular weight is 173 g/mol. The van der Waals surface area contributed by atoms with Crippen LogP contribution in [-0.4, -0.2) is 15.2 Å². The molecule has 0 aliphatic carbocycles. The summed E-state index contributed by atoms with van der Waals surface area (Å²) < 4.78 is 0. The van der Waals surface area contributed by atoms with E-state index in [9.17, 15) is 0 Å². The first-order valence-electron chi connectivity index (χ1n) is 4.34. The Kier molecular flexibility index (Phi) is 1.93. The van der Waals surface area contributed by atoms with Crippen LogP contribution < -0.4 is 0 Å². The van der Waals surface area contributed by atoms with E-state index in [0.29, 0.717) is 5.92 Å².